The largest absolute Gasteiger partial charge is 0.324 e. The molecule has 2 rings (SSSR count). The number of hydrogen-bond acceptors (Lipinski definition) is 3. The van der Waals surface area contributed by atoms with Gasteiger partial charge in [0.15, 0.2) is 0 Å². The number of hydrogen-bond donors (Lipinski definition) is 1. The Kier molecular flexibility index (Phi) is 5.23. The van der Waals surface area contributed by atoms with Crippen LogP contribution in [0.5, 0.6) is 0 Å². The average Bonchev–Trinajstić information content (AvgIpc) is 2.48. The average molecular weight is 350 g/mol. The number of amides is 1. The molecule has 0 saturated heterocycles. The van der Waals surface area contributed by atoms with Gasteiger partial charge in [-0.25, -0.2) is 12.8 Å². The zero-order chi connectivity index (χ0) is 17.9. The molecule has 0 radical (unpaired) electrons. The predicted octanol–water partition coefficient (Wildman–Crippen LogP) is 2.85. The van der Waals surface area contributed by atoms with Gasteiger partial charge in [-0.1, -0.05) is 24.3 Å². The third kappa shape index (κ3) is 4.32. The highest BCUT2D eigenvalue weighted by Gasteiger charge is 2.23. The molecule has 0 bridgehead atoms. The summed E-state index contributed by atoms with van der Waals surface area (Å²) in [4.78, 5) is 12.3. The summed E-state index contributed by atoms with van der Waals surface area (Å²) in [5, 5.41) is 2.68. The molecule has 1 N–H and O–H groups in total. The first-order valence-electron chi connectivity index (χ1n) is 7.28. The van der Waals surface area contributed by atoms with Crippen LogP contribution in [0.15, 0.2) is 42.5 Å². The van der Waals surface area contributed by atoms with Crippen LogP contribution >= 0.6 is 0 Å². The van der Waals surface area contributed by atoms with Crippen molar-refractivity contribution in [2.45, 2.75) is 13.8 Å². The van der Waals surface area contributed by atoms with Crippen molar-refractivity contribution in [2.75, 3.05) is 22.4 Å². The van der Waals surface area contributed by atoms with Crippen molar-refractivity contribution in [1.29, 1.82) is 0 Å². The summed E-state index contributed by atoms with van der Waals surface area (Å²) < 4.78 is 38.6. The second kappa shape index (κ2) is 7.00. The summed E-state index contributed by atoms with van der Waals surface area (Å²) in [6.07, 6.45) is 0.935. The Morgan fingerprint density at radius 1 is 1.17 bits per heavy atom. The summed E-state index contributed by atoms with van der Waals surface area (Å²) in [5.41, 5.74) is 2.26. The number of carbonyl (C=O) groups is 1. The molecule has 2 aromatic rings. The van der Waals surface area contributed by atoms with Crippen molar-refractivity contribution < 1.29 is 17.6 Å². The first kappa shape index (κ1) is 17.9. The van der Waals surface area contributed by atoms with Crippen molar-refractivity contribution in [3.63, 3.8) is 0 Å². The van der Waals surface area contributed by atoms with Crippen LogP contribution in [-0.4, -0.2) is 27.1 Å². The van der Waals surface area contributed by atoms with E-state index in [1.165, 1.54) is 18.2 Å². The number of nitrogens with zero attached hydrogens (tertiary/aromatic N) is 1. The molecule has 128 valence electrons. The first-order chi connectivity index (χ1) is 11.2. The Bertz CT molecular complexity index is 866. The smallest absolute Gasteiger partial charge is 0.245 e. The van der Waals surface area contributed by atoms with Crippen molar-refractivity contribution in [1.82, 2.24) is 0 Å². The molecule has 7 heteroatoms. The van der Waals surface area contributed by atoms with Crippen LogP contribution in [0.25, 0.3) is 0 Å². The van der Waals surface area contributed by atoms with Crippen LogP contribution in [0.2, 0.25) is 0 Å². The number of anilines is 2. The van der Waals surface area contributed by atoms with Crippen molar-refractivity contribution in [3.8, 4) is 0 Å². The second-order valence-corrected chi connectivity index (χ2v) is 7.49. The standard InChI is InChI=1S/C17H19FN2O3S/c1-12-8-9-13(2)15(10-12)19-17(21)11-20(24(3,22)23)16-7-5-4-6-14(16)18/h4-10H,11H2,1-3H3,(H,19,21). The monoisotopic (exact) mass is 350 g/mol. The van der Waals surface area contributed by atoms with E-state index in [2.05, 4.69) is 5.32 Å². The fraction of sp³-hybridized carbons (Fsp3) is 0.235. The lowest BCUT2D eigenvalue weighted by Gasteiger charge is -2.22. The molecular formula is C17H19FN2O3S. The Labute approximate surface area is 141 Å². The van der Waals surface area contributed by atoms with Crippen molar-refractivity contribution >= 4 is 27.3 Å². The van der Waals surface area contributed by atoms with Crippen LogP contribution in [0.4, 0.5) is 15.8 Å². The van der Waals surface area contributed by atoms with Gasteiger partial charge in [0, 0.05) is 5.69 Å². The van der Waals surface area contributed by atoms with Crippen LogP contribution < -0.4 is 9.62 Å². The van der Waals surface area contributed by atoms with Gasteiger partial charge in [0.1, 0.15) is 12.4 Å². The van der Waals surface area contributed by atoms with E-state index in [-0.39, 0.29) is 5.69 Å². The Hall–Kier alpha value is -2.41. The number of halogens is 1. The summed E-state index contributed by atoms with van der Waals surface area (Å²) >= 11 is 0. The van der Waals surface area contributed by atoms with Gasteiger partial charge in [-0.15, -0.1) is 0 Å². The Balaban J connectivity index is 2.26. The lowest BCUT2D eigenvalue weighted by Crippen LogP contribution is -2.38. The topological polar surface area (TPSA) is 66.5 Å². The van der Waals surface area contributed by atoms with Crippen LogP contribution in [0.1, 0.15) is 11.1 Å². The number of benzene rings is 2. The molecule has 0 unspecified atom stereocenters. The maximum absolute atomic E-state index is 13.9. The molecule has 0 aromatic heterocycles. The minimum atomic E-state index is -3.81. The zero-order valence-corrected chi connectivity index (χ0v) is 14.5. The van der Waals surface area contributed by atoms with Gasteiger partial charge in [0.05, 0.1) is 11.9 Å². The maximum atomic E-state index is 13.9. The number of aryl methyl sites for hydroxylation is 2. The number of sulfonamides is 1. The second-order valence-electron chi connectivity index (χ2n) is 5.59. The van der Waals surface area contributed by atoms with Gasteiger partial charge in [0.25, 0.3) is 0 Å². The normalized spacial score (nSPS) is 11.2. The lowest BCUT2D eigenvalue weighted by atomic mass is 10.1. The van der Waals surface area contributed by atoms with Gasteiger partial charge in [-0.2, -0.15) is 0 Å². The highest BCUT2D eigenvalue weighted by molar-refractivity contribution is 7.92. The third-order valence-electron chi connectivity index (χ3n) is 3.48. The molecule has 24 heavy (non-hydrogen) atoms. The highest BCUT2D eigenvalue weighted by Crippen LogP contribution is 2.22. The fourth-order valence-electron chi connectivity index (χ4n) is 2.23. The SMILES string of the molecule is Cc1ccc(C)c(NC(=O)CN(c2ccccc2F)S(C)(=O)=O)c1. The molecule has 0 aliphatic carbocycles. The van der Waals surface area contributed by atoms with Gasteiger partial charge >= 0.3 is 0 Å². The summed E-state index contributed by atoms with van der Waals surface area (Å²) in [6.45, 7) is 3.21. The Morgan fingerprint density at radius 2 is 1.83 bits per heavy atom. The predicted molar refractivity (Wildman–Crippen MR) is 93.1 cm³/mol. The van der Waals surface area contributed by atoms with E-state index in [9.17, 15) is 17.6 Å². The first-order valence-corrected chi connectivity index (χ1v) is 9.12. The van der Waals surface area contributed by atoms with E-state index in [1.54, 1.807) is 6.07 Å². The molecule has 5 nitrogen and oxygen atoms in total. The minimum Gasteiger partial charge on any atom is -0.324 e. The molecule has 1 amide bonds. The van der Waals surface area contributed by atoms with Crippen LogP contribution in [0.3, 0.4) is 0 Å². The van der Waals surface area contributed by atoms with Gasteiger partial charge in [-0.05, 0) is 43.2 Å². The highest BCUT2D eigenvalue weighted by atomic mass is 32.2. The number of rotatable bonds is 5. The number of carbonyl (C=O) groups excluding carboxylic acids is 1. The van der Waals surface area contributed by atoms with E-state index in [4.69, 9.17) is 0 Å². The molecule has 0 atom stereocenters. The molecular weight excluding hydrogens is 331 g/mol. The molecule has 0 fully saturated rings. The van der Waals surface area contributed by atoms with E-state index < -0.39 is 28.3 Å². The summed E-state index contributed by atoms with van der Waals surface area (Å²) in [5.74, 6) is -1.25. The minimum absolute atomic E-state index is 0.156. The summed E-state index contributed by atoms with van der Waals surface area (Å²) in [6, 6.07) is 11.0. The van der Waals surface area contributed by atoms with E-state index >= 15 is 0 Å². The van der Waals surface area contributed by atoms with Crippen LogP contribution in [-0.2, 0) is 14.8 Å². The van der Waals surface area contributed by atoms with Crippen LogP contribution in [0, 0.1) is 19.7 Å². The van der Waals surface area contributed by atoms with Crippen molar-refractivity contribution in [3.05, 3.63) is 59.4 Å². The molecule has 0 heterocycles. The number of para-hydroxylation sites is 1. The van der Waals surface area contributed by atoms with Gasteiger partial charge in [-0.3, -0.25) is 9.10 Å². The molecule has 2 aromatic carbocycles. The van der Waals surface area contributed by atoms with E-state index in [0.717, 1.165) is 27.8 Å². The zero-order valence-electron chi connectivity index (χ0n) is 13.7. The van der Waals surface area contributed by atoms with Gasteiger partial charge < -0.3 is 5.32 Å². The van der Waals surface area contributed by atoms with E-state index in [0.29, 0.717) is 5.69 Å². The quantitative estimate of drug-likeness (QED) is 0.902. The maximum Gasteiger partial charge on any atom is 0.245 e. The molecule has 0 spiro atoms. The fourth-order valence-corrected chi connectivity index (χ4v) is 3.08. The molecule has 0 aliphatic rings. The van der Waals surface area contributed by atoms with E-state index in [1.807, 2.05) is 26.0 Å². The van der Waals surface area contributed by atoms with Gasteiger partial charge in [0.2, 0.25) is 15.9 Å². The third-order valence-corrected chi connectivity index (χ3v) is 4.60. The molecule has 0 saturated carbocycles. The van der Waals surface area contributed by atoms with Crippen molar-refractivity contribution in [2.24, 2.45) is 0 Å². The number of nitrogens with one attached hydrogen (secondary N) is 1. The summed E-state index contributed by atoms with van der Waals surface area (Å²) in [7, 11) is -3.81. The molecule has 0 aliphatic heterocycles. The lowest BCUT2D eigenvalue weighted by molar-refractivity contribution is -0.114. The Morgan fingerprint density at radius 3 is 2.46 bits per heavy atom.